The first kappa shape index (κ1) is 17.6. The molecule has 0 saturated heterocycles. The van der Waals surface area contributed by atoms with Crippen LogP contribution >= 0.6 is 0 Å². The van der Waals surface area contributed by atoms with Gasteiger partial charge in [0.25, 0.3) is 15.7 Å². The second-order valence-corrected chi connectivity index (χ2v) is 7.30. The van der Waals surface area contributed by atoms with E-state index >= 15 is 0 Å². The molecule has 1 aromatic heterocycles. The van der Waals surface area contributed by atoms with Gasteiger partial charge in [0.05, 0.1) is 16.4 Å². The van der Waals surface area contributed by atoms with Gasteiger partial charge in [0.1, 0.15) is 5.82 Å². The van der Waals surface area contributed by atoms with E-state index in [0.717, 1.165) is 5.56 Å². The zero-order chi connectivity index (χ0) is 18.6. The fourth-order valence-corrected chi connectivity index (χ4v) is 3.81. The summed E-state index contributed by atoms with van der Waals surface area (Å²) in [4.78, 5) is 14.3. The molecule has 1 heterocycles. The molecule has 8 heteroatoms. The molecule has 132 valence electrons. The second kappa shape index (κ2) is 7.32. The minimum Gasteiger partial charge on any atom is -0.258 e. The summed E-state index contributed by atoms with van der Waals surface area (Å²) in [6.45, 7) is 0.0944. The van der Waals surface area contributed by atoms with Gasteiger partial charge in [0, 0.05) is 18.3 Å². The number of hydrogen-bond donors (Lipinski definition) is 0. The Morgan fingerprint density at radius 2 is 1.58 bits per heavy atom. The van der Waals surface area contributed by atoms with Crippen molar-refractivity contribution in [2.75, 3.05) is 4.31 Å². The smallest absolute Gasteiger partial charge is 0.258 e. The highest BCUT2D eigenvalue weighted by Crippen LogP contribution is 2.25. The topological polar surface area (TPSA) is 93.4 Å². The second-order valence-electron chi connectivity index (χ2n) is 5.44. The lowest BCUT2D eigenvalue weighted by molar-refractivity contribution is -0.384. The van der Waals surface area contributed by atoms with Gasteiger partial charge >= 0.3 is 0 Å². The Bertz CT molecular complexity index is 992. The van der Waals surface area contributed by atoms with Crippen molar-refractivity contribution < 1.29 is 13.3 Å². The van der Waals surface area contributed by atoms with Gasteiger partial charge in [0.2, 0.25) is 0 Å². The van der Waals surface area contributed by atoms with E-state index in [4.69, 9.17) is 0 Å². The number of hydrogen-bond acceptors (Lipinski definition) is 5. The quantitative estimate of drug-likeness (QED) is 0.490. The lowest BCUT2D eigenvalue weighted by atomic mass is 10.2. The first-order valence-electron chi connectivity index (χ1n) is 7.70. The highest BCUT2D eigenvalue weighted by Gasteiger charge is 2.26. The molecule has 3 rings (SSSR count). The minimum absolute atomic E-state index is 0.0373. The Morgan fingerprint density at radius 1 is 0.923 bits per heavy atom. The molecular weight excluding hydrogens is 354 g/mol. The normalized spacial score (nSPS) is 11.1. The van der Waals surface area contributed by atoms with Crippen LogP contribution < -0.4 is 4.31 Å². The molecule has 0 atom stereocenters. The zero-order valence-corrected chi connectivity index (χ0v) is 14.4. The van der Waals surface area contributed by atoms with Crippen LogP contribution in [0.5, 0.6) is 0 Å². The summed E-state index contributed by atoms with van der Waals surface area (Å²) in [5.41, 5.74) is 0.625. The molecule has 26 heavy (non-hydrogen) atoms. The molecule has 7 nitrogen and oxygen atoms in total. The highest BCUT2D eigenvalue weighted by molar-refractivity contribution is 7.92. The minimum atomic E-state index is -3.95. The van der Waals surface area contributed by atoms with Crippen LogP contribution in [0.4, 0.5) is 11.5 Å². The van der Waals surface area contributed by atoms with E-state index in [1.54, 1.807) is 18.2 Å². The standard InChI is InChI=1S/C18H15N3O4S/c22-21(23)16-9-11-17(12-10-16)26(24,25)20(18-8-4-5-13-19-18)14-15-6-2-1-3-7-15/h1-13H,14H2. The lowest BCUT2D eigenvalue weighted by Gasteiger charge is -2.23. The summed E-state index contributed by atoms with van der Waals surface area (Å²) in [6.07, 6.45) is 1.51. The van der Waals surface area contributed by atoms with Crippen molar-refractivity contribution in [1.82, 2.24) is 4.98 Å². The average Bonchev–Trinajstić information content (AvgIpc) is 2.67. The van der Waals surface area contributed by atoms with Crippen molar-refractivity contribution in [2.24, 2.45) is 0 Å². The van der Waals surface area contributed by atoms with Crippen molar-refractivity contribution in [3.63, 3.8) is 0 Å². The van der Waals surface area contributed by atoms with Crippen LogP contribution in [-0.4, -0.2) is 18.3 Å². The molecule has 0 radical (unpaired) electrons. The summed E-state index contributed by atoms with van der Waals surface area (Å²) < 4.78 is 27.5. The van der Waals surface area contributed by atoms with E-state index in [2.05, 4.69) is 4.98 Å². The molecule has 3 aromatic rings. The molecule has 0 N–H and O–H groups in total. The Kier molecular flexibility index (Phi) is 4.94. The monoisotopic (exact) mass is 369 g/mol. The molecule has 0 aliphatic rings. The van der Waals surface area contributed by atoms with E-state index in [-0.39, 0.29) is 22.9 Å². The number of pyridine rings is 1. The van der Waals surface area contributed by atoms with Gasteiger partial charge in [0.15, 0.2) is 0 Å². The number of anilines is 1. The van der Waals surface area contributed by atoms with Crippen LogP contribution in [0.1, 0.15) is 5.56 Å². The summed E-state index contributed by atoms with van der Waals surface area (Å²) >= 11 is 0. The van der Waals surface area contributed by atoms with Crippen molar-refractivity contribution >= 4 is 21.5 Å². The number of sulfonamides is 1. The number of nitro benzene ring substituents is 1. The van der Waals surface area contributed by atoms with Crippen molar-refractivity contribution in [3.8, 4) is 0 Å². The Hall–Kier alpha value is -3.26. The Labute approximate surface area is 150 Å². The van der Waals surface area contributed by atoms with E-state index in [1.165, 1.54) is 34.8 Å². The number of benzene rings is 2. The summed E-state index contributed by atoms with van der Waals surface area (Å²) in [6, 6.07) is 18.9. The zero-order valence-electron chi connectivity index (χ0n) is 13.6. The molecule has 0 saturated carbocycles. The third kappa shape index (κ3) is 3.70. The first-order chi connectivity index (χ1) is 12.5. The van der Waals surface area contributed by atoms with Gasteiger partial charge in [-0.15, -0.1) is 0 Å². The molecule has 0 bridgehead atoms. The number of aromatic nitrogens is 1. The van der Waals surface area contributed by atoms with Crippen LogP contribution in [0.15, 0.2) is 83.9 Å². The molecule has 2 aromatic carbocycles. The van der Waals surface area contributed by atoms with Crippen molar-refractivity contribution in [1.29, 1.82) is 0 Å². The van der Waals surface area contributed by atoms with Gasteiger partial charge in [-0.3, -0.25) is 10.1 Å². The largest absolute Gasteiger partial charge is 0.269 e. The number of nitro groups is 1. The highest BCUT2D eigenvalue weighted by atomic mass is 32.2. The number of rotatable bonds is 6. The fourth-order valence-electron chi connectivity index (χ4n) is 2.41. The van der Waals surface area contributed by atoms with E-state index < -0.39 is 14.9 Å². The molecular formula is C18H15N3O4S. The predicted octanol–water partition coefficient (Wildman–Crippen LogP) is 3.39. The average molecular weight is 369 g/mol. The summed E-state index contributed by atoms with van der Waals surface area (Å²) in [5.74, 6) is 0.273. The van der Waals surface area contributed by atoms with E-state index in [9.17, 15) is 18.5 Å². The first-order valence-corrected chi connectivity index (χ1v) is 9.14. The van der Waals surface area contributed by atoms with Crippen molar-refractivity contribution in [3.05, 3.63) is 94.7 Å². The van der Waals surface area contributed by atoms with Crippen LogP contribution in [0.25, 0.3) is 0 Å². The molecule has 0 aliphatic carbocycles. The molecule has 0 unspecified atom stereocenters. The molecule has 0 aliphatic heterocycles. The molecule has 0 amide bonds. The van der Waals surface area contributed by atoms with Crippen LogP contribution in [0.3, 0.4) is 0 Å². The molecule has 0 spiro atoms. The maximum atomic E-state index is 13.1. The van der Waals surface area contributed by atoms with Gasteiger partial charge in [-0.2, -0.15) is 0 Å². The van der Waals surface area contributed by atoms with E-state index in [0.29, 0.717) is 0 Å². The summed E-state index contributed by atoms with van der Waals surface area (Å²) in [7, 11) is -3.95. The third-order valence-corrected chi connectivity index (χ3v) is 5.47. The van der Waals surface area contributed by atoms with Crippen LogP contribution in [0.2, 0.25) is 0 Å². The Morgan fingerprint density at radius 3 is 2.15 bits per heavy atom. The predicted molar refractivity (Wildman–Crippen MR) is 97.1 cm³/mol. The van der Waals surface area contributed by atoms with E-state index in [1.807, 2.05) is 30.3 Å². The maximum absolute atomic E-state index is 13.1. The SMILES string of the molecule is O=[N+]([O-])c1ccc(S(=O)(=O)N(Cc2ccccc2)c2ccccn2)cc1. The maximum Gasteiger partial charge on any atom is 0.269 e. The van der Waals surface area contributed by atoms with Crippen LogP contribution in [0, 0.1) is 10.1 Å². The fraction of sp³-hybridized carbons (Fsp3) is 0.0556. The Balaban J connectivity index is 2.03. The van der Waals surface area contributed by atoms with Gasteiger partial charge in [-0.05, 0) is 29.8 Å². The lowest BCUT2D eigenvalue weighted by Crippen LogP contribution is -2.31. The number of nitrogens with zero attached hydrogens (tertiary/aromatic N) is 3. The molecule has 0 fully saturated rings. The van der Waals surface area contributed by atoms with Gasteiger partial charge in [-0.1, -0.05) is 36.4 Å². The number of non-ortho nitro benzene ring substituents is 1. The van der Waals surface area contributed by atoms with Crippen LogP contribution in [-0.2, 0) is 16.6 Å². The third-order valence-electron chi connectivity index (χ3n) is 3.71. The van der Waals surface area contributed by atoms with Crippen molar-refractivity contribution in [2.45, 2.75) is 11.4 Å². The summed E-state index contributed by atoms with van der Waals surface area (Å²) in [5, 5.41) is 10.8. The van der Waals surface area contributed by atoms with Gasteiger partial charge < -0.3 is 0 Å². The van der Waals surface area contributed by atoms with Gasteiger partial charge in [-0.25, -0.2) is 17.7 Å².